The monoisotopic (exact) mass is 710 g/mol. The molecule has 0 spiro atoms. The molecule has 11 aromatic carbocycles. The van der Waals surface area contributed by atoms with E-state index in [1.807, 2.05) is 0 Å². The van der Waals surface area contributed by atoms with Crippen molar-refractivity contribution in [2.75, 3.05) is 0 Å². The molecule has 2 heteroatoms. The summed E-state index contributed by atoms with van der Waals surface area (Å²) in [4.78, 5) is 0. The van der Waals surface area contributed by atoms with Gasteiger partial charge in [-0.1, -0.05) is 133 Å². The predicted molar refractivity (Wildman–Crippen MR) is 237 cm³/mol. The summed E-state index contributed by atoms with van der Waals surface area (Å²) in [5.41, 5.74) is 8.03. The summed E-state index contributed by atoms with van der Waals surface area (Å²) >= 11 is 0. The maximum absolute atomic E-state index is 6.69. The average molecular weight is 711 g/mol. The van der Waals surface area contributed by atoms with Crippen molar-refractivity contribution in [2.24, 2.45) is 0 Å². The number of furan rings is 2. The number of hydrogen-bond acceptors (Lipinski definition) is 2. The lowest BCUT2D eigenvalue weighted by Crippen LogP contribution is -1.87. The second kappa shape index (κ2) is 11.1. The fourth-order valence-corrected chi connectivity index (χ4v) is 9.62. The first-order chi connectivity index (χ1) is 27.7. The van der Waals surface area contributed by atoms with E-state index in [2.05, 4.69) is 182 Å². The molecular weight excluding hydrogens is 681 g/mol. The molecular formula is C54H30O2. The summed E-state index contributed by atoms with van der Waals surface area (Å²) < 4.78 is 13.4. The molecule has 0 atom stereocenters. The second-order valence-corrected chi connectivity index (χ2v) is 15.2. The normalized spacial score (nSPS) is 12.3. The Kier molecular flexibility index (Phi) is 5.92. The van der Waals surface area contributed by atoms with E-state index in [0.29, 0.717) is 0 Å². The van der Waals surface area contributed by atoms with Crippen LogP contribution in [0.1, 0.15) is 0 Å². The molecule has 0 unspecified atom stereocenters. The standard InChI is InChI=1S/C54H30O2/c1-7-15-39-31(9-1)17-21-41-37-13-5-3-11-33(37)27-45(51(39)41)35-19-25-49-47(29-35)43-23-24-44-48-30-36(20-26-50(48)56-54(44)53(43)55-49)46-28-34-12-4-6-14-38(34)42-22-18-32-10-2-8-16-40(32)52(42)46/h1-30H. The van der Waals surface area contributed by atoms with E-state index in [4.69, 9.17) is 8.83 Å². The molecule has 2 heterocycles. The van der Waals surface area contributed by atoms with Gasteiger partial charge < -0.3 is 8.83 Å². The minimum Gasteiger partial charge on any atom is -0.452 e. The van der Waals surface area contributed by atoms with Gasteiger partial charge in [0.2, 0.25) is 0 Å². The van der Waals surface area contributed by atoms with Crippen LogP contribution in [-0.2, 0) is 0 Å². The zero-order chi connectivity index (χ0) is 36.5. The highest BCUT2D eigenvalue weighted by atomic mass is 16.4. The molecule has 56 heavy (non-hydrogen) atoms. The summed E-state index contributed by atoms with van der Waals surface area (Å²) in [7, 11) is 0. The first-order valence-electron chi connectivity index (χ1n) is 19.2. The molecule has 2 nitrogen and oxygen atoms in total. The van der Waals surface area contributed by atoms with Crippen LogP contribution in [0, 0.1) is 0 Å². The zero-order valence-electron chi connectivity index (χ0n) is 30.1. The van der Waals surface area contributed by atoms with Gasteiger partial charge in [0.1, 0.15) is 11.2 Å². The number of rotatable bonds is 2. The maximum atomic E-state index is 6.69. The molecule has 0 aliphatic carbocycles. The third-order valence-electron chi connectivity index (χ3n) is 12.2. The van der Waals surface area contributed by atoms with Crippen molar-refractivity contribution in [3.63, 3.8) is 0 Å². The van der Waals surface area contributed by atoms with E-state index in [0.717, 1.165) is 55.0 Å². The van der Waals surface area contributed by atoms with Gasteiger partial charge >= 0.3 is 0 Å². The Hall–Kier alpha value is -7.42. The Balaban J connectivity index is 1.02. The first-order valence-corrected chi connectivity index (χ1v) is 19.2. The lowest BCUT2D eigenvalue weighted by Gasteiger charge is -2.14. The molecule has 0 fully saturated rings. The third kappa shape index (κ3) is 4.10. The van der Waals surface area contributed by atoms with Crippen LogP contribution in [0.25, 0.3) is 131 Å². The summed E-state index contributed by atoms with van der Waals surface area (Å²) in [5.74, 6) is 0. The zero-order valence-corrected chi connectivity index (χ0v) is 30.1. The smallest absolute Gasteiger partial charge is 0.178 e. The van der Waals surface area contributed by atoms with E-state index in [1.165, 1.54) is 75.8 Å². The molecule has 13 rings (SSSR count). The highest BCUT2D eigenvalue weighted by molar-refractivity contribution is 6.26. The second-order valence-electron chi connectivity index (χ2n) is 15.2. The summed E-state index contributed by atoms with van der Waals surface area (Å²) in [6.07, 6.45) is 0. The van der Waals surface area contributed by atoms with Crippen molar-refractivity contribution in [3.05, 3.63) is 182 Å². The molecule has 2 aromatic heterocycles. The highest BCUT2D eigenvalue weighted by Crippen LogP contribution is 2.45. The number of fused-ring (bicyclic) bond motifs is 17. The molecule has 0 bridgehead atoms. The summed E-state index contributed by atoms with van der Waals surface area (Å²) in [6.45, 7) is 0. The molecule has 0 N–H and O–H groups in total. The number of hydrogen-bond donors (Lipinski definition) is 0. The van der Waals surface area contributed by atoms with Crippen molar-refractivity contribution in [2.45, 2.75) is 0 Å². The van der Waals surface area contributed by atoms with E-state index >= 15 is 0 Å². The van der Waals surface area contributed by atoms with Crippen LogP contribution in [0.2, 0.25) is 0 Å². The molecule has 258 valence electrons. The Labute approximate surface area is 320 Å². The molecule has 0 radical (unpaired) electrons. The molecule has 0 amide bonds. The van der Waals surface area contributed by atoms with Gasteiger partial charge in [-0.05, 0) is 135 Å². The Bertz CT molecular complexity index is 3570. The lowest BCUT2D eigenvalue weighted by atomic mass is 9.89. The van der Waals surface area contributed by atoms with Gasteiger partial charge in [0.25, 0.3) is 0 Å². The quantitative estimate of drug-likeness (QED) is 0.167. The SMILES string of the molecule is c1ccc2c(c1)cc(-c1ccc3oc4c(ccc5c6cc(-c7cc8ccccc8c8ccc9ccccc9c78)ccc6oc54)c3c1)c1c3ccccc3ccc21. The van der Waals surface area contributed by atoms with Crippen molar-refractivity contribution in [1.29, 1.82) is 0 Å². The van der Waals surface area contributed by atoms with Gasteiger partial charge in [-0.2, -0.15) is 0 Å². The van der Waals surface area contributed by atoms with E-state index < -0.39 is 0 Å². The largest absolute Gasteiger partial charge is 0.452 e. The van der Waals surface area contributed by atoms with Gasteiger partial charge in [-0.25, -0.2) is 0 Å². The molecule has 0 saturated carbocycles. The van der Waals surface area contributed by atoms with Crippen molar-refractivity contribution < 1.29 is 8.83 Å². The highest BCUT2D eigenvalue weighted by Gasteiger charge is 2.20. The minimum atomic E-state index is 0.781. The fourth-order valence-electron chi connectivity index (χ4n) is 9.62. The van der Waals surface area contributed by atoms with Crippen LogP contribution in [0.4, 0.5) is 0 Å². The summed E-state index contributed by atoms with van der Waals surface area (Å²) in [6, 6.07) is 66.2. The van der Waals surface area contributed by atoms with Gasteiger partial charge in [0.15, 0.2) is 11.2 Å². The van der Waals surface area contributed by atoms with Crippen LogP contribution in [0.3, 0.4) is 0 Å². The number of benzene rings is 11. The first kappa shape index (κ1) is 30.0. The van der Waals surface area contributed by atoms with Crippen LogP contribution >= 0.6 is 0 Å². The Morgan fingerprint density at radius 1 is 0.250 bits per heavy atom. The lowest BCUT2D eigenvalue weighted by molar-refractivity contribution is 0.633. The topological polar surface area (TPSA) is 26.3 Å². The summed E-state index contributed by atoms with van der Waals surface area (Å²) in [5, 5.41) is 19.3. The molecule has 0 aliphatic heterocycles. The van der Waals surface area contributed by atoms with E-state index in [9.17, 15) is 0 Å². The molecule has 0 saturated heterocycles. The van der Waals surface area contributed by atoms with Crippen LogP contribution in [0.5, 0.6) is 0 Å². The van der Waals surface area contributed by atoms with E-state index in [-0.39, 0.29) is 0 Å². The van der Waals surface area contributed by atoms with Gasteiger partial charge in [0.05, 0.1) is 0 Å². The average Bonchev–Trinajstić information content (AvgIpc) is 3.83. The molecule has 0 aliphatic rings. The Morgan fingerprint density at radius 3 is 1.11 bits per heavy atom. The van der Waals surface area contributed by atoms with Crippen molar-refractivity contribution >= 4 is 109 Å². The van der Waals surface area contributed by atoms with Crippen molar-refractivity contribution in [3.8, 4) is 22.3 Å². The van der Waals surface area contributed by atoms with Crippen LogP contribution in [0.15, 0.2) is 191 Å². The maximum Gasteiger partial charge on any atom is 0.178 e. The van der Waals surface area contributed by atoms with Gasteiger partial charge in [-0.15, -0.1) is 0 Å². The van der Waals surface area contributed by atoms with Crippen LogP contribution < -0.4 is 0 Å². The molecule has 13 aromatic rings. The predicted octanol–water partition coefficient (Wildman–Crippen LogP) is 15.7. The minimum absolute atomic E-state index is 0.781. The van der Waals surface area contributed by atoms with Gasteiger partial charge in [-0.3, -0.25) is 0 Å². The Morgan fingerprint density at radius 2 is 0.643 bits per heavy atom. The van der Waals surface area contributed by atoms with Crippen LogP contribution in [-0.4, -0.2) is 0 Å². The van der Waals surface area contributed by atoms with Crippen molar-refractivity contribution in [1.82, 2.24) is 0 Å². The fraction of sp³-hybridized carbons (Fsp3) is 0. The third-order valence-corrected chi connectivity index (χ3v) is 12.2. The van der Waals surface area contributed by atoms with E-state index in [1.54, 1.807) is 0 Å². The van der Waals surface area contributed by atoms with Gasteiger partial charge in [0, 0.05) is 21.5 Å².